The van der Waals surface area contributed by atoms with E-state index in [0.29, 0.717) is 31.7 Å². The number of aromatic nitrogens is 2. The number of rotatable bonds is 4. The number of Topliss-reactive ketones (excluding diaryl/α,β-unsaturated/α-hetero) is 2. The van der Waals surface area contributed by atoms with E-state index in [-0.39, 0.29) is 30.1 Å². The van der Waals surface area contributed by atoms with Crippen molar-refractivity contribution in [1.82, 2.24) is 14.7 Å². The average Bonchev–Trinajstić information content (AvgIpc) is 3.50. The lowest BCUT2D eigenvalue weighted by molar-refractivity contribution is -0.141. The topological polar surface area (TPSA) is 93.5 Å². The van der Waals surface area contributed by atoms with Crippen molar-refractivity contribution >= 4 is 34.1 Å². The lowest BCUT2D eigenvalue weighted by Crippen LogP contribution is -2.47. The molecule has 2 aromatic rings. The number of ketones is 2. The van der Waals surface area contributed by atoms with Crippen molar-refractivity contribution in [3.05, 3.63) is 23.4 Å². The molecule has 1 aromatic heterocycles. The summed E-state index contributed by atoms with van der Waals surface area (Å²) < 4.78 is 7.88. The van der Waals surface area contributed by atoms with Crippen LogP contribution in [-0.4, -0.2) is 64.5 Å². The molecule has 3 heterocycles. The molecule has 1 saturated heterocycles. The monoisotopic (exact) mass is 524 g/mol. The summed E-state index contributed by atoms with van der Waals surface area (Å²) >= 11 is 0. The maximum Gasteiger partial charge on any atom is 0.245 e. The van der Waals surface area contributed by atoms with Gasteiger partial charge in [-0.3, -0.25) is 19.1 Å². The lowest BCUT2D eigenvalue weighted by Gasteiger charge is -2.27. The van der Waals surface area contributed by atoms with Crippen LogP contribution in [0.15, 0.2) is 12.1 Å². The third kappa shape index (κ3) is 6.45. The van der Waals surface area contributed by atoms with Crippen LogP contribution < -0.4 is 5.32 Å². The largest absolute Gasteiger partial charge is 0.388 e. The van der Waals surface area contributed by atoms with Crippen molar-refractivity contribution < 1.29 is 19.1 Å². The summed E-state index contributed by atoms with van der Waals surface area (Å²) in [6.45, 7) is 4.48. The summed E-state index contributed by atoms with van der Waals surface area (Å²) in [7, 11) is 1.87. The van der Waals surface area contributed by atoms with Gasteiger partial charge in [-0.2, -0.15) is 5.10 Å². The van der Waals surface area contributed by atoms with Crippen LogP contribution in [0.5, 0.6) is 0 Å². The molecule has 8 nitrogen and oxygen atoms in total. The number of benzene rings is 1. The minimum absolute atomic E-state index is 0.00407. The Morgan fingerprint density at radius 3 is 2.39 bits per heavy atom. The van der Waals surface area contributed by atoms with Crippen LogP contribution in [0.1, 0.15) is 101 Å². The number of nitrogens with one attached hydrogen (secondary N) is 1. The van der Waals surface area contributed by atoms with Gasteiger partial charge in [0.1, 0.15) is 18.3 Å². The van der Waals surface area contributed by atoms with E-state index in [1.54, 1.807) is 9.58 Å². The van der Waals surface area contributed by atoms with Crippen LogP contribution >= 0.6 is 0 Å². The highest BCUT2D eigenvalue weighted by molar-refractivity contribution is 6.06. The van der Waals surface area contributed by atoms with E-state index in [1.807, 2.05) is 20.0 Å². The first kappa shape index (κ1) is 28.3. The molecule has 0 aliphatic carbocycles. The number of ether oxygens (including phenoxy) is 1. The van der Waals surface area contributed by atoms with E-state index >= 15 is 0 Å². The molecule has 4 rings (SSSR count). The fourth-order valence-corrected chi connectivity index (χ4v) is 6.03. The normalized spacial score (nSPS) is 22.4. The summed E-state index contributed by atoms with van der Waals surface area (Å²) in [6, 6.07) is 3.51. The predicted molar refractivity (Wildman–Crippen MR) is 150 cm³/mol. The van der Waals surface area contributed by atoms with Crippen LogP contribution in [0.25, 0.3) is 10.9 Å². The van der Waals surface area contributed by atoms with E-state index in [9.17, 15) is 14.4 Å². The van der Waals surface area contributed by atoms with Crippen molar-refractivity contribution in [2.45, 2.75) is 110 Å². The summed E-state index contributed by atoms with van der Waals surface area (Å²) in [6.07, 6.45) is 12.2. The van der Waals surface area contributed by atoms with Crippen molar-refractivity contribution in [1.29, 1.82) is 0 Å². The van der Waals surface area contributed by atoms with Gasteiger partial charge in [0.2, 0.25) is 5.91 Å². The van der Waals surface area contributed by atoms with Gasteiger partial charge in [-0.25, -0.2) is 0 Å². The molecule has 0 spiro atoms. The first-order chi connectivity index (χ1) is 18.4. The average molecular weight is 525 g/mol. The van der Waals surface area contributed by atoms with Crippen molar-refractivity contribution in [2.75, 3.05) is 25.5 Å². The summed E-state index contributed by atoms with van der Waals surface area (Å²) in [4.78, 5) is 40.9. The number of hydrogen-bond acceptors (Lipinski definition) is 6. The highest BCUT2D eigenvalue weighted by atomic mass is 16.5. The SMILES string of the molecule is CCC(=O)[C@@H]1[C@H]2CCN1C(=O)Cn1nc(C(C)=O)c3cc(NC)cc(c31)CCCCCCCCCCCO2. The minimum Gasteiger partial charge on any atom is -0.388 e. The van der Waals surface area contributed by atoms with Gasteiger partial charge >= 0.3 is 0 Å². The zero-order valence-corrected chi connectivity index (χ0v) is 23.4. The Kier molecular flexibility index (Phi) is 9.94. The molecular weight excluding hydrogens is 480 g/mol. The molecule has 208 valence electrons. The van der Waals surface area contributed by atoms with Crippen LogP contribution in [0.2, 0.25) is 0 Å². The molecule has 2 aliphatic rings. The standard InChI is InChI=1S/C30H44N4O4/c1-4-25(36)30-26-15-16-33(30)27(37)20-34-29-22(14-12-10-8-6-5-7-9-11-13-17-38-26)18-23(31-3)19-24(29)28(32-34)21(2)35/h18-19,26,30-31H,4-17,20H2,1-3H3/t26-,30-/m1/s1. The molecule has 0 radical (unpaired) electrons. The molecule has 1 fully saturated rings. The Labute approximate surface area is 226 Å². The smallest absolute Gasteiger partial charge is 0.245 e. The van der Waals surface area contributed by atoms with Gasteiger partial charge in [0.25, 0.3) is 0 Å². The highest BCUT2D eigenvalue weighted by Gasteiger charge is 2.41. The van der Waals surface area contributed by atoms with Gasteiger partial charge in [0.05, 0.1) is 11.6 Å². The van der Waals surface area contributed by atoms with Crippen LogP contribution in [0.3, 0.4) is 0 Å². The molecule has 2 atom stereocenters. The van der Waals surface area contributed by atoms with Gasteiger partial charge in [0.15, 0.2) is 11.6 Å². The number of hydrogen-bond donors (Lipinski definition) is 1. The molecule has 8 heteroatoms. The van der Waals surface area contributed by atoms with E-state index in [1.165, 1.54) is 39.0 Å². The zero-order chi connectivity index (χ0) is 27.1. The van der Waals surface area contributed by atoms with Crippen molar-refractivity contribution in [3.8, 4) is 0 Å². The third-order valence-electron chi connectivity index (χ3n) is 8.09. The Balaban J connectivity index is 1.69. The zero-order valence-electron chi connectivity index (χ0n) is 23.4. The fraction of sp³-hybridized carbons (Fsp3) is 0.667. The molecule has 1 aromatic carbocycles. The van der Waals surface area contributed by atoms with Gasteiger partial charge in [-0.15, -0.1) is 0 Å². The molecule has 38 heavy (non-hydrogen) atoms. The van der Waals surface area contributed by atoms with E-state index < -0.39 is 6.04 Å². The van der Waals surface area contributed by atoms with E-state index in [4.69, 9.17) is 4.74 Å². The maximum absolute atomic E-state index is 13.7. The van der Waals surface area contributed by atoms with Crippen LogP contribution in [0.4, 0.5) is 5.69 Å². The number of fused-ring (bicyclic) bond motifs is 2. The van der Waals surface area contributed by atoms with E-state index in [2.05, 4.69) is 16.5 Å². The van der Waals surface area contributed by atoms with Gasteiger partial charge in [-0.05, 0) is 43.4 Å². The molecule has 1 amide bonds. The number of amides is 1. The predicted octanol–water partition coefficient (Wildman–Crippen LogP) is 5.31. The summed E-state index contributed by atoms with van der Waals surface area (Å²) in [5.41, 5.74) is 3.26. The van der Waals surface area contributed by atoms with Gasteiger partial charge < -0.3 is 15.0 Å². The molecule has 1 N–H and O–H groups in total. The van der Waals surface area contributed by atoms with E-state index in [0.717, 1.165) is 54.3 Å². The number of carbonyl (C=O) groups is 3. The molecule has 0 unspecified atom stereocenters. The second kappa shape index (κ2) is 13.4. The summed E-state index contributed by atoms with van der Waals surface area (Å²) in [5, 5.41) is 8.64. The fourth-order valence-electron chi connectivity index (χ4n) is 6.03. The van der Waals surface area contributed by atoms with Crippen LogP contribution in [0, 0.1) is 0 Å². The second-order valence-corrected chi connectivity index (χ2v) is 10.8. The quantitative estimate of drug-likeness (QED) is 0.545. The number of anilines is 1. The number of nitrogens with zero attached hydrogens (tertiary/aromatic N) is 3. The number of carbonyl (C=O) groups excluding carboxylic acids is 3. The molecule has 2 aliphatic heterocycles. The molecule has 2 bridgehead atoms. The number of aryl methyl sites for hydroxylation is 1. The maximum atomic E-state index is 13.7. The lowest BCUT2D eigenvalue weighted by atomic mass is 10.00. The first-order valence-corrected chi connectivity index (χ1v) is 14.6. The first-order valence-electron chi connectivity index (χ1n) is 14.6. The Morgan fingerprint density at radius 2 is 1.74 bits per heavy atom. The Bertz CT molecular complexity index is 1140. The molecule has 0 saturated carbocycles. The third-order valence-corrected chi connectivity index (χ3v) is 8.09. The van der Waals surface area contributed by atoms with Crippen molar-refractivity contribution in [2.24, 2.45) is 0 Å². The molecular formula is C30H44N4O4. The van der Waals surface area contributed by atoms with Crippen molar-refractivity contribution in [3.63, 3.8) is 0 Å². The Hall–Kier alpha value is -2.74. The second-order valence-electron chi connectivity index (χ2n) is 10.8. The highest BCUT2D eigenvalue weighted by Crippen LogP contribution is 2.30. The van der Waals surface area contributed by atoms with Crippen LogP contribution in [-0.2, 0) is 27.3 Å². The summed E-state index contributed by atoms with van der Waals surface area (Å²) in [5.74, 6) is -0.239. The van der Waals surface area contributed by atoms with Gasteiger partial charge in [-0.1, -0.05) is 51.9 Å². The minimum atomic E-state index is -0.553. The van der Waals surface area contributed by atoms with Gasteiger partial charge in [0, 0.05) is 44.6 Å². The Morgan fingerprint density at radius 1 is 1.05 bits per heavy atom.